The van der Waals surface area contributed by atoms with Crippen LogP contribution in [0.2, 0.25) is 10.2 Å². The molecule has 2 aromatic heterocycles. The van der Waals surface area contributed by atoms with E-state index in [-0.39, 0.29) is 27.2 Å². The lowest BCUT2D eigenvalue weighted by Crippen LogP contribution is -3.10. The maximum atomic E-state index is 14.7. The number of hydrogen-bond acceptors (Lipinski definition) is 4. The number of quaternary nitrogens is 1. The Bertz CT molecular complexity index is 1700. The number of rotatable bonds is 4. The van der Waals surface area contributed by atoms with Crippen LogP contribution in [-0.4, -0.2) is 58.5 Å². The number of aryl methyl sites for hydroxylation is 1. The van der Waals surface area contributed by atoms with Gasteiger partial charge in [-0.1, -0.05) is 41.4 Å². The van der Waals surface area contributed by atoms with Crippen molar-refractivity contribution in [3.8, 4) is 0 Å². The summed E-state index contributed by atoms with van der Waals surface area (Å²) in [5, 5.41) is 9.29. The number of amides is 1. The molecule has 1 amide bonds. The van der Waals surface area contributed by atoms with Gasteiger partial charge in [0.15, 0.2) is 0 Å². The molecule has 42 heavy (non-hydrogen) atoms. The van der Waals surface area contributed by atoms with Gasteiger partial charge in [-0.15, -0.1) is 0 Å². The molecule has 1 aliphatic heterocycles. The van der Waals surface area contributed by atoms with Crippen molar-refractivity contribution in [2.45, 2.75) is 19.5 Å². The number of fused-ring (bicyclic) bond motifs is 1. The molecule has 0 unspecified atom stereocenters. The first-order valence-electron chi connectivity index (χ1n) is 12.6. The number of aromatic amines is 1. The first-order valence-corrected chi connectivity index (χ1v) is 13.4. The van der Waals surface area contributed by atoms with Gasteiger partial charge in [0.05, 0.1) is 36.8 Å². The molecule has 4 aromatic rings. The molecule has 0 aliphatic carbocycles. The predicted octanol–water partition coefficient (Wildman–Crippen LogP) is 2.94. The second-order valence-corrected chi connectivity index (χ2v) is 10.4. The van der Waals surface area contributed by atoms with E-state index in [1.54, 1.807) is 27.6 Å². The molecule has 3 heterocycles. The molecule has 0 radical (unpaired) electrons. The highest BCUT2D eigenvalue weighted by molar-refractivity contribution is 6.42. The second kappa shape index (κ2) is 12.6. The molecule has 0 atom stereocenters. The second-order valence-electron chi connectivity index (χ2n) is 9.65. The SMILES string of the molecule is Cc1cccc([NH+]2CCN(C(=O)c3cc(Cc4c[nH]c(=O)c5cc(Cl)c(Cl)n45)ccc3F)CC2)c1.O=C([O-])C(F)(F)F. The largest absolute Gasteiger partial charge is 0.542 e. The van der Waals surface area contributed by atoms with Crippen LogP contribution in [0.1, 0.15) is 27.2 Å². The third kappa shape index (κ3) is 6.94. The molecule has 0 spiro atoms. The fourth-order valence-electron chi connectivity index (χ4n) is 4.68. The van der Waals surface area contributed by atoms with Crippen molar-refractivity contribution in [2.75, 3.05) is 26.2 Å². The highest BCUT2D eigenvalue weighted by Crippen LogP contribution is 2.27. The summed E-state index contributed by atoms with van der Waals surface area (Å²) >= 11 is 12.4. The lowest BCUT2D eigenvalue weighted by Gasteiger charge is -2.32. The van der Waals surface area contributed by atoms with Crippen LogP contribution in [0, 0.1) is 12.7 Å². The molecule has 1 aliphatic rings. The lowest BCUT2D eigenvalue weighted by atomic mass is 10.0. The minimum atomic E-state index is -5.19. The zero-order chi connectivity index (χ0) is 30.8. The standard InChI is InChI=1S/C26H23Cl2FN4O2.C2HF3O2/c1-16-3-2-4-18(11-16)31-7-9-32(10-8-31)26(35)20-13-17(5-6-22(20)29)12-19-15-30-25(34)23-14-21(27)24(28)33(19)23;3-2(4,5)1(6)7/h2-6,11,13-15H,7-10,12H2,1H3,(H,30,34);(H,6,7). The van der Waals surface area contributed by atoms with Crippen molar-refractivity contribution in [1.29, 1.82) is 0 Å². The van der Waals surface area contributed by atoms with Gasteiger partial charge in [-0.2, -0.15) is 13.2 Å². The summed E-state index contributed by atoms with van der Waals surface area (Å²) in [6, 6.07) is 14.4. The number of carboxylic acid groups (broad SMARTS) is 1. The Kier molecular flexibility index (Phi) is 9.29. The Hall–Kier alpha value is -3.87. The quantitative estimate of drug-likeness (QED) is 0.340. The number of halogens is 6. The number of carboxylic acids is 1. The number of benzene rings is 2. The molecular formula is C28H24Cl2F4N4O4. The summed E-state index contributed by atoms with van der Waals surface area (Å²) in [6.45, 7) is 4.68. The molecule has 8 nitrogen and oxygen atoms in total. The number of hydrogen-bond donors (Lipinski definition) is 2. The van der Waals surface area contributed by atoms with E-state index in [4.69, 9.17) is 33.1 Å². The van der Waals surface area contributed by atoms with Gasteiger partial charge in [-0.25, -0.2) is 4.39 Å². The molecule has 2 N–H and O–H groups in total. The van der Waals surface area contributed by atoms with Crippen LogP contribution in [0.25, 0.3) is 5.52 Å². The average Bonchev–Trinajstić information content (AvgIpc) is 3.25. The van der Waals surface area contributed by atoms with Gasteiger partial charge >= 0.3 is 6.18 Å². The van der Waals surface area contributed by atoms with E-state index in [1.165, 1.54) is 28.3 Å². The van der Waals surface area contributed by atoms with Crippen molar-refractivity contribution >= 4 is 46.3 Å². The summed E-state index contributed by atoms with van der Waals surface area (Å²) in [6.07, 6.45) is -3.32. The topological polar surface area (TPSA) is 102 Å². The van der Waals surface area contributed by atoms with E-state index in [0.717, 1.165) is 13.1 Å². The third-order valence-corrected chi connectivity index (χ3v) is 7.50. The molecule has 222 valence electrons. The summed E-state index contributed by atoms with van der Waals surface area (Å²) < 4.78 is 47.8. The van der Waals surface area contributed by atoms with Crippen LogP contribution in [-0.2, 0) is 11.2 Å². The number of H-pyrrole nitrogens is 1. The van der Waals surface area contributed by atoms with Gasteiger partial charge in [0.1, 0.15) is 28.1 Å². The van der Waals surface area contributed by atoms with E-state index in [1.807, 2.05) is 6.07 Å². The third-order valence-electron chi connectivity index (χ3n) is 6.75. The molecule has 1 saturated heterocycles. The Balaban J connectivity index is 0.000000517. The van der Waals surface area contributed by atoms with Gasteiger partial charge in [0.2, 0.25) is 0 Å². The summed E-state index contributed by atoms with van der Waals surface area (Å²) in [5.41, 5.74) is 3.84. The first-order chi connectivity index (χ1) is 19.8. The van der Waals surface area contributed by atoms with Crippen LogP contribution in [0.15, 0.2) is 59.5 Å². The van der Waals surface area contributed by atoms with Crippen LogP contribution in [0.3, 0.4) is 0 Å². The predicted molar refractivity (Wildman–Crippen MR) is 146 cm³/mol. The molecule has 0 saturated carbocycles. The number of carbonyl (C=O) groups excluding carboxylic acids is 2. The Morgan fingerprint density at radius 1 is 1.07 bits per heavy atom. The molecule has 1 fully saturated rings. The average molecular weight is 627 g/mol. The van der Waals surface area contributed by atoms with Crippen molar-refractivity contribution < 1.29 is 37.2 Å². The highest BCUT2D eigenvalue weighted by atomic mass is 35.5. The number of carbonyl (C=O) groups is 2. The Morgan fingerprint density at radius 3 is 2.36 bits per heavy atom. The molecule has 5 rings (SSSR count). The fraction of sp³-hybridized carbons (Fsp3) is 0.250. The van der Waals surface area contributed by atoms with E-state index in [2.05, 4.69) is 30.1 Å². The number of piperazine rings is 1. The van der Waals surface area contributed by atoms with E-state index in [9.17, 15) is 27.2 Å². The summed E-state index contributed by atoms with van der Waals surface area (Å²) in [7, 11) is 0. The molecule has 0 bridgehead atoms. The highest BCUT2D eigenvalue weighted by Gasteiger charge is 2.29. The van der Waals surface area contributed by atoms with Gasteiger partial charge < -0.3 is 19.8 Å². The number of aromatic nitrogens is 2. The van der Waals surface area contributed by atoms with Crippen molar-refractivity contribution in [2.24, 2.45) is 0 Å². The number of nitrogens with one attached hydrogen (secondary N) is 2. The maximum absolute atomic E-state index is 14.7. The van der Waals surface area contributed by atoms with E-state index in [0.29, 0.717) is 36.3 Å². The molecular weight excluding hydrogens is 603 g/mol. The van der Waals surface area contributed by atoms with Crippen LogP contribution in [0.5, 0.6) is 0 Å². The van der Waals surface area contributed by atoms with Gasteiger partial charge in [0, 0.05) is 24.4 Å². The number of nitrogens with zero attached hydrogens (tertiary/aromatic N) is 2. The minimum Gasteiger partial charge on any atom is -0.542 e. The summed E-state index contributed by atoms with van der Waals surface area (Å²) in [5.74, 6) is -3.88. The van der Waals surface area contributed by atoms with Crippen LogP contribution >= 0.6 is 23.2 Å². The lowest BCUT2D eigenvalue weighted by molar-refractivity contribution is -0.837. The Labute approximate surface area is 246 Å². The van der Waals surface area contributed by atoms with Crippen molar-refractivity contribution in [1.82, 2.24) is 14.3 Å². The van der Waals surface area contributed by atoms with Crippen molar-refractivity contribution in [3.63, 3.8) is 0 Å². The zero-order valence-electron chi connectivity index (χ0n) is 22.0. The molecule has 2 aromatic carbocycles. The van der Waals surface area contributed by atoms with Gasteiger partial charge in [0.25, 0.3) is 11.5 Å². The Morgan fingerprint density at radius 2 is 1.74 bits per heavy atom. The monoisotopic (exact) mass is 626 g/mol. The van der Waals surface area contributed by atoms with E-state index < -0.39 is 18.0 Å². The zero-order valence-corrected chi connectivity index (χ0v) is 23.5. The maximum Gasteiger partial charge on any atom is 0.430 e. The van der Waals surface area contributed by atoms with Crippen LogP contribution in [0.4, 0.5) is 23.2 Å². The fourth-order valence-corrected chi connectivity index (χ4v) is 5.12. The molecule has 14 heteroatoms. The first kappa shape index (κ1) is 31.1. The smallest absolute Gasteiger partial charge is 0.430 e. The van der Waals surface area contributed by atoms with Gasteiger partial charge in [-0.3, -0.25) is 18.9 Å². The van der Waals surface area contributed by atoms with Crippen LogP contribution < -0.4 is 15.6 Å². The summed E-state index contributed by atoms with van der Waals surface area (Å²) in [4.78, 5) is 39.9. The minimum absolute atomic E-state index is 0.0406. The van der Waals surface area contributed by atoms with Crippen molar-refractivity contribution in [3.05, 3.63) is 103 Å². The number of alkyl halides is 3. The van der Waals surface area contributed by atoms with E-state index >= 15 is 0 Å². The normalized spacial score (nSPS) is 14.0. The van der Waals surface area contributed by atoms with Gasteiger partial charge in [-0.05, 0) is 42.3 Å². The number of aliphatic carboxylic acids is 1.